The summed E-state index contributed by atoms with van der Waals surface area (Å²) in [6.07, 6.45) is 1.85. The van der Waals surface area contributed by atoms with E-state index in [4.69, 9.17) is 5.73 Å². The van der Waals surface area contributed by atoms with Gasteiger partial charge in [0.05, 0.1) is 6.54 Å². The highest BCUT2D eigenvalue weighted by Crippen LogP contribution is 2.12. The van der Waals surface area contributed by atoms with Crippen molar-refractivity contribution in [2.45, 2.75) is 25.8 Å². The number of benzene rings is 1. The van der Waals surface area contributed by atoms with Gasteiger partial charge in [0.2, 0.25) is 0 Å². The van der Waals surface area contributed by atoms with Crippen LogP contribution < -0.4 is 5.73 Å². The highest BCUT2D eigenvalue weighted by Gasteiger charge is 2.19. The van der Waals surface area contributed by atoms with Crippen LogP contribution in [0.1, 0.15) is 28.8 Å². The Kier molecular flexibility index (Phi) is 4.09. The number of carbonyl (C=O) groups excluding carboxylic acids is 1. The summed E-state index contributed by atoms with van der Waals surface area (Å²) in [7, 11) is 0. The number of ketones is 1. The third-order valence-electron chi connectivity index (χ3n) is 3.36. The molecule has 98 valence electrons. The van der Waals surface area contributed by atoms with Crippen molar-refractivity contribution in [1.82, 2.24) is 4.90 Å². The van der Waals surface area contributed by atoms with E-state index in [1.165, 1.54) is 12.1 Å². The van der Waals surface area contributed by atoms with Gasteiger partial charge in [-0.15, -0.1) is 0 Å². The first-order valence-corrected chi connectivity index (χ1v) is 6.33. The van der Waals surface area contributed by atoms with Crippen molar-refractivity contribution in [2.24, 2.45) is 5.73 Å². The van der Waals surface area contributed by atoms with E-state index in [0.717, 1.165) is 31.5 Å². The molecule has 3 nitrogen and oxygen atoms in total. The first-order chi connectivity index (χ1) is 8.54. The highest BCUT2D eigenvalue weighted by molar-refractivity contribution is 5.97. The Morgan fingerprint density at radius 1 is 1.39 bits per heavy atom. The van der Waals surface area contributed by atoms with Gasteiger partial charge in [0.25, 0.3) is 0 Å². The minimum atomic E-state index is -0.348. The zero-order valence-electron chi connectivity index (χ0n) is 10.7. The molecule has 0 spiro atoms. The molecule has 1 saturated heterocycles. The van der Waals surface area contributed by atoms with E-state index >= 15 is 0 Å². The second-order valence-corrected chi connectivity index (χ2v) is 5.05. The van der Waals surface area contributed by atoms with Crippen molar-refractivity contribution < 1.29 is 9.18 Å². The number of hydrogen-bond acceptors (Lipinski definition) is 3. The largest absolute Gasteiger partial charge is 0.328 e. The first-order valence-electron chi connectivity index (χ1n) is 6.33. The Morgan fingerprint density at radius 3 is 2.67 bits per heavy atom. The molecule has 18 heavy (non-hydrogen) atoms. The predicted octanol–water partition coefficient (Wildman–Crippen LogP) is 1.74. The van der Waals surface area contributed by atoms with Gasteiger partial charge < -0.3 is 5.73 Å². The van der Waals surface area contributed by atoms with Crippen molar-refractivity contribution >= 4 is 5.78 Å². The van der Waals surface area contributed by atoms with Gasteiger partial charge in [-0.1, -0.05) is 0 Å². The number of halogens is 1. The topological polar surface area (TPSA) is 46.3 Å². The van der Waals surface area contributed by atoms with Crippen molar-refractivity contribution in [1.29, 1.82) is 0 Å². The molecule has 0 aliphatic carbocycles. The van der Waals surface area contributed by atoms with Crippen LogP contribution in [0, 0.1) is 12.7 Å². The maximum Gasteiger partial charge on any atom is 0.176 e. The monoisotopic (exact) mass is 250 g/mol. The van der Waals surface area contributed by atoms with Gasteiger partial charge in [0.1, 0.15) is 5.82 Å². The number of likely N-dealkylation sites (tertiary alicyclic amines) is 1. The molecular formula is C14H19FN2O. The Labute approximate surface area is 107 Å². The molecule has 0 bridgehead atoms. The van der Waals surface area contributed by atoms with Crippen molar-refractivity contribution in [3.8, 4) is 0 Å². The lowest BCUT2D eigenvalue weighted by molar-refractivity contribution is 0.0909. The molecule has 1 aliphatic rings. The van der Waals surface area contributed by atoms with Crippen LogP contribution >= 0.6 is 0 Å². The Hall–Kier alpha value is -1.26. The molecule has 0 amide bonds. The summed E-state index contributed by atoms with van der Waals surface area (Å²) in [4.78, 5) is 14.1. The van der Waals surface area contributed by atoms with Gasteiger partial charge in [-0.2, -0.15) is 0 Å². The lowest BCUT2D eigenvalue weighted by Crippen LogP contribution is -2.41. The van der Waals surface area contributed by atoms with Crippen LogP contribution in [-0.4, -0.2) is 36.4 Å². The fourth-order valence-corrected chi connectivity index (χ4v) is 2.30. The third-order valence-corrected chi connectivity index (χ3v) is 3.36. The third kappa shape index (κ3) is 3.37. The van der Waals surface area contributed by atoms with Gasteiger partial charge in [-0.05, 0) is 43.5 Å². The van der Waals surface area contributed by atoms with Gasteiger partial charge >= 0.3 is 0 Å². The van der Waals surface area contributed by atoms with Gasteiger partial charge in [-0.25, -0.2) is 4.39 Å². The average Bonchev–Trinajstić information content (AvgIpc) is 2.31. The fraction of sp³-hybridized carbons (Fsp3) is 0.500. The van der Waals surface area contributed by atoms with Crippen LogP contribution in [0.2, 0.25) is 0 Å². The summed E-state index contributed by atoms with van der Waals surface area (Å²) in [5.41, 5.74) is 7.05. The summed E-state index contributed by atoms with van der Waals surface area (Å²) in [6, 6.07) is 4.73. The number of rotatable bonds is 3. The zero-order valence-corrected chi connectivity index (χ0v) is 10.7. The average molecular weight is 250 g/mol. The smallest absolute Gasteiger partial charge is 0.176 e. The summed E-state index contributed by atoms with van der Waals surface area (Å²) in [5, 5.41) is 0. The number of Topliss-reactive ketones (excluding diaryl/α,β-unsaturated/α-hetero) is 1. The summed E-state index contributed by atoms with van der Waals surface area (Å²) in [6.45, 7) is 3.85. The normalized spacial score (nSPS) is 17.9. The molecule has 4 heteroatoms. The van der Waals surface area contributed by atoms with Crippen LogP contribution in [0.4, 0.5) is 4.39 Å². The number of nitrogens with two attached hydrogens (primary N) is 1. The van der Waals surface area contributed by atoms with Crippen molar-refractivity contribution in [3.05, 3.63) is 35.1 Å². The molecule has 0 unspecified atom stereocenters. The van der Waals surface area contributed by atoms with Crippen LogP contribution in [0.15, 0.2) is 18.2 Å². The van der Waals surface area contributed by atoms with E-state index in [1.54, 1.807) is 13.0 Å². The zero-order chi connectivity index (χ0) is 13.1. The second-order valence-electron chi connectivity index (χ2n) is 5.05. The molecule has 0 aromatic heterocycles. The van der Waals surface area contributed by atoms with Gasteiger partial charge in [0.15, 0.2) is 5.78 Å². The molecule has 2 N–H and O–H groups in total. The molecule has 1 aromatic carbocycles. The predicted molar refractivity (Wildman–Crippen MR) is 69.1 cm³/mol. The number of piperidine rings is 1. The van der Waals surface area contributed by atoms with Gasteiger partial charge in [-0.3, -0.25) is 9.69 Å². The summed E-state index contributed by atoms with van der Waals surface area (Å²) < 4.78 is 13.2. The number of hydrogen-bond donors (Lipinski definition) is 1. The van der Waals surface area contributed by atoms with E-state index in [2.05, 4.69) is 4.90 Å². The molecule has 2 rings (SSSR count). The van der Waals surface area contributed by atoms with E-state index < -0.39 is 0 Å². The molecule has 1 aromatic rings. The summed E-state index contributed by atoms with van der Waals surface area (Å²) in [5.74, 6) is -0.368. The van der Waals surface area contributed by atoms with Crippen LogP contribution in [0.3, 0.4) is 0 Å². The lowest BCUT2D eigenvalue weighted by Gasteiger charge is -2.29. The first kappa shape index (κ1) is 13.2. The van der Waals surface area contributed by atoms with Crippen LogP contribution in [-0.2, 0) is 0 Å². The molecular weight excluding hydrogens is 231 g/mol. The number of nitrogens with zero attached hydrogens (tertiary/aromatic N) is 1. The molecule has 0 atom stereocenters. The Morgan fingerprint density at radius 2 is 2.06 bits per heavy atom. The van der Waals surface area contributed by atoms with Crippen LogP contribution in [0.25, 0.3) is 0 Å². The quantitative estimate of drug-likeness (QED) is 0.831. The minimum Gasteiger partial charge on any atom is -0.328 e. The standard InChI is InChI=1S/C14H19FN2O/c1-10-6-11(8-12(15)7-10)14(18)9-17-4-2-13(16)3-5-17/h6-8,13H,2-5,9,16H2,1H3. The minimum absolute atomic E-state index is 0.0203. The second kappa shape index (κ2) is 5.59. The Balaban J connectivity index is 1.99. The maximum absolute atomic E-state index is 13.2. The number of carbonyl (C=O) groups is 1. The van der Waals surface area contributed by atoms with Crippen LogP contribution in [0.5, 0.6) is 0 Å². The molecule has 1 aliphatic heterocycles. The SMILES string of the molecule is Cc1cc(F)cc(C(=O)CN2CCC(N)CC2)c1. The Bertz CT molecular complexity index is 419. The molecule has 1 heterocycles. The molecule has 1 fully saturated rings. The number of aryl methyl sites for hydroxylation is 1. The van der Waals surface area contributed by atoms with Gasteiger partial charge in [0, 0.05) is 24.7 Å². The fourth-order valence-electron chi connectivity index (χ4n) is 2.30. The highest BCUT2D eigenvalue weighted by atomic mass is 19.1. The van der Waals surface area contributed by atoms with E-state index in [1.807, 2.05) is 0 Å². The van der Waals surface area contributed by atoms with E-state index in [-0.39, 0.29) is 17.6 Å². The molecule has 0 radical (unpaired) electrons. The van der Waals surface area contributed by atoms with E-state index in [9.17, 15) is 9.18 Å². The van der Waals surface area contributed by atoms with Crippen molar-refractivity contribution in [3.63, 3.8) is 0 Å². The van der Waals surface area contributed by atoms with E-state index in [0.29, 0.717) is 12.1 Å². The lowest BCUT2D eigenvalue weighted by atomic mass is 10.0. The van der Waals surface area contributed by atoms with Crippen molar-refractivity contribution in [2.75, 3.05) is 19.6 Å². The summed E-state index contributed by atoms with van der Waals surface area (Å²) >= 11 is 0. The maximum atomic E-state index is 13.2. The molecule has 0 saturated carbocycles.